The number of thiophene rings is 1. The standard InChI is InChI=1S/C24H16N2S2/c1-3-9-17-15(7-1)16-8-2-4-10-18(16)22-21(17)25-23(19-11-5-13-27-19)24(26-22)20-12-6-14-28-20/h1-11,13-14,20H,12H2. The van der Waals surface area contributed by atoms with Crippen molar-refractivity contribution in [3.05, 3.63) is 83.2 Å². The maximum absolute atomic E-state index is 5.27. The third-order valence-electron chi connectivity index (χ3n) is 5.33. The number of fused-ring (bicyclic) bond motifs is 6. The molecule has 4 heteroatoms. The normalized spacial score (nSPS) is 16.5. The van der Waals surface area contributed by atoms with Gasteiger partial charge in [-0.05, 0) is 34.0 Å². The second-order valence-corrected chi connectivity index (χ2v) is 9.02. The van der Waals surface area contributed by atoms with Crippen LogP contribution in [0.5, 0.6) is 0 Å². The highest BCUT2D eigenvalue weighted by molar-refractivity contribution is 8.02. The van der Waals surface area contributed by atoms with Crippen molar-refractivity contribution in [3.8, 4) is 10.6 Å². The highest BCUT2D eigenvalue weighted by Gasteiger charge is 2.24. The van der Waals surface area contributed by atoms with E-state index in [-0.39, 0.29) is 0 Å². The molecule has 0 amide bonds. The van der Waals surface area contributed by atoms with Gasteiger partial charge in [0.15, 0.2) is 0 Å². The van der Waals surface area contributed by atoms with Gasteiger partial charge >= 0.3 is 0 Å². The molecule has 1 unspecified atom stereocenters. The quantitative estimate of drug-likeness (QED) is 0.292. The van der Waals surface area contributed by atoms with E-state index < -0.39 is 0 Å². The Labute approximate surface area is 171 Å². The summed E-state index contributed by atoms with van der Waals surface area (Å²) in [5.41, 5.74) is 4.14. The first kappa shape index (κ1) is 16.3. The number of thioether (sulfide) groups is 1. The zero-order valence-electron chi connectivity index (χ0n) is 15.0. The molecule has 2 nitrogen and oxygen atoms in total. The smallest absolute Gasteiger partial charge is 0.104 e. The van der Waals surface area contributed by atoms with Crippen molar-refractivity contribution in [3.63, 3.8) is 0 Å². The summed E-state index contributed by atoms with van der Waals surface area (Å²) < 4.78 is 0. The lowest BCUT2D eigenvalue weighted by atomic mass is 9.99. The SMILES string of the molecule is C1=CSC(c2nc3c4ccccc4c4ccccc4c3nc2-c2cccs2)C1. The average Bonchev–Trinajstić information content (AvgIpc) is 3.47. The molecular weight excluding hydrogens is 380 g/mol. The van der Waals surface area contributed by atoms with Crippen LogP contribution in [0.2, 0.25) is 0 Å². The molecule has 0 aliphatic carbocycles. The molecule has 0 N–H and O–H groups in total. The van der Waals surface area contributed by atoms with Crippen LogP contribution in [0, 0.1) is 0 Å². The summed E-state index contributed by atoms with van der Waals surface area (Å²) in [4.78, 5) is 11.7. The van der Waals surface area contributed by atoms with E-state index in [9.17, 15) is 0 Å². The first-order chi connectivity index (χ1) is 13.9. The molecule has 0 saturated heterocycles. The van der Waals surface area contributed by atoms with E-state index in [1.54, 1.807) is 11.3 Å². The van der Waals surface area contributed by atoms with Crippen molar-refractivity contribution in [2.75, 3.05) is 0 Å². The topological polar surface area (TPSA) is 25.8 Å². The minimum atomic E-state index is 0.333. The zero-order valence-corrected chi connectivity index (χ0v) is 16.6. The number of allylic oxidation sites excluding steroid dienone is 1. The van der Waals surface area contributed by atoms with Crippen molar-refractivity contribution in [2.24, 2.45) is 0 Å². The molecular formula is C24H16N2S2. The van der Waals surface area contributed by atoms with Gasteiger partial charge in [0.05, 0.1) is 26.9 Å². The summed E-state index contributed by atoms with van der Waals surface area (Å²) in [6.45, 7) is 0. The van der Waals surface area contributed by atoms with Gasteiger partial charge in [-0.1, -0.05) is 60.7 Å². The summed E-state index contributed by atoms with van der Waals surface area (Å²) in [6, 6.07) is 21.4. The van der Waals surface area contributed by atoms with E-state index in [4.69, 9.17) is 9.97 Å². The molecule has 0 spiro atoms. The molecule has 6 rings (SSSR count). The molecule has 3 heterocycles. The third kappa shape index (κ3) is 2.42. The Morgan fingerprint density at radius 2 is 1.43 bits per heavy atom. The molecule has 3 aromatic carbocycles. The van der Waals surface area contributed by atoms with Gasteiger partial charge in [0, 0.05) is 10.8 Å². The summed E-state index contributed by atoms with van der Waals surface area (Å²) >= 11 is 3.58. The monoisotopic (exact) mass is 396 g/mol. The molecule has 1 aliphatic heterocycles. The first-order valence-electron chi connectivity index (χ1n) is 9.35. The van der Waals surface area contributed by atoms with E-state index in [2.05, 4.69) is 77.5 Å². The number of hydrogen-bond donors (Lipinski definition) is 0. The Morgan fingerprint density at radius 1 is 0.750 bits per heavy atom. The van der Waals surface area contributed by atoms with E-state index in [1.165, 1.54) is 26.4 Å². The van der Waals surface area contributed by atoms with E-state index >= 15 is 0 Å². The predicted octanol–water partition coefficient (Wildman–Crippen LogP) is 7.36. The Hall–Kier alpha value is -2.69. The van der Waals surface area contributed by atoms with Crippen LogP contribution in [0.1, 0.15) is 17.4 Å². The molecule has 0 fully saturated rings. The zero-order chi connectivity index (χ0) is 18.5. The van der Waals surface area contributed by atoms with Crippen LogP contribution in [0.15, 0.2) is 77.5 Å². The molecule has 2 aromatic heterocycles. The van der Waals surface area contributed by atoms with Gasteiger partial charge in [-0.25, -0.2) is 9.97 Å². The van der Waals surface area contributed by atoms with E-state index in [0.717, 1.165) is 28.8 Å². The van der Waals surface area contributed by atoms with Crippen LogP contribution in [0.25, 0.3) is 43.1 Å². The molecule has 5 aromatic rings. The van der Waals surface area contributed by atoms with Crippen LogP contribution >= 0.6 is 23.1 Å². The molecule has 28 heavy (non-hydrogen) atoms. The predicted molar refractivity (Wildman–Crippen MR) is 122 cm³/mol. The number of aromatic nitrogens is 2. The summed E-state index contributed by atoms with van der Waals surface area (Å²) in [5.74, 6) is 0. The Balaban J connectivity index is 1.80. The number of hydrogen-bond acceptors (Lipinski definition) is 4. The summed E-state index contributed by atoms with van der Waals surface area (Å²) in [6.07, 6.45) is 3.24. The van der Waals surface area contributed by atoms with Gasteiger partial charge in [0.1, 0.15) is 5.69 Å². The van der Waals surface area contributed by atoms with Crippen LogP contribution in [-0.2, 0) is 0 Å². The fourth-order valence-corrected chi connectivity index (χ4v) is 5.70. The minimum Gasteiger partial charge on any atom is -0.247 e. The number of nitrogens with zero attached hydrogens (tertiary/aromatic N) is 2. The van der Waals surface area contributed by atoms with E-state index in [0.29, 0.717) is 5.25 Å². The first-order valence-corrected chi connectivity index (χ1v) is 11.2. The van der Waals surface area contributed by atoms with Gasteiger partial charge in [-0.15, -0.1) is 23.1 Å². The fourth-order valence-electron chi connectivity index (χ4n) is 4.05. The highest BCUT2D eigenvalue weighted by atomic mass is 32.2. The molecule has 0 bridgehead atoms. The average molecular weight is 397 g/mol. The van der Waals surface area contributed by atoms with Crippen molar-refractivity contribution >= 4 is 55.7 Å². The molecule has 0 saturated carbocycles. The second kappa shape index (κ2) is 6.43. The third-order valence-corrected chi connectivity index (χ3v) is 7.30. The fraction of sp³-hybridized carbons (Fsp3) is 0.0833. The van der Waals surface area contributed by atoms with Gasteiger partial charge in [0.25, 0.3) is 0 Å². The minimum absolute atomic E-state index is 0.333. The Bertz CT molecular complexity index is 1360. The van der Waals surface area contributed by atoms with Crippen LogP contribution in [-0.4, -0.2) is 9.97 Å². The van der Waals surface area contributed by atoms with Crippen LogP contribution in [0.4, 0.5) is 0 Å². The maximum atomic E-state index is 5.27. The van der Waals surface area contributed by atoms with Gasteiger partial charge in [-0.3, -0.25) is 0 Å². The highest BCUT2D eigenvalue weighted by Crippen LogP contribution is 2.44. The molecule has 0 radical (unpaired) electrons. The Kier molecular flexibility index (Phi) is 3.74. The van der Waals surface area contributed by atoms with Gasteiger partial charge in [-0.2, -0.15) is 0 Å². The lowest BCUT2D eigenvalue weighted by Gasteiger charge is -2.16. The van der Waals surface area contributed by atoms with Crippen LogP contribution < -0.4 is 0 Å². The maximum Gasteiger partial charge on any atom is 0.104 e. The summed E-state index contributed by atoms with van der Waals surface area (Å²) in [5, 5.41) is 9.47. The number of benzene rings is 3. The van der Waals surface area contributed by atoms with Crippen molar-refractivity contribution in [1.29, 1.82) is 0 Å². The molecule has 134 valence electrons. The largest absolute Gasteiger partial charge is 0.247 e. The van der Waals surface area contributed by atoms with Crippen molar-refractivity contribution in [2.45, 2.75) is 11.7 Å². The lowest BCUT2D eigenvalue weighted by Crippen LogP contribution is -2.02. The van der Waals surface area contributed by atoms with Gasteiger partial charge in [0.2, 0.25) is 0 Å². The lowest BCUT2D eigenvalue weighted by molar-refractivity contribution is 0.937. The molecule has 1 atom stereocenters. The Morgan fingerprint density at radius 3 is 2.04 bits per heavy atom. The second-order valence-electron chi connectivity index (χ2n) is 6.96. The van der Waals surface area contributed by atoms with Crippen molar-refractivity contribution in [1.82, 2.24) is 9.97 Å². The van der Waals surface area contributed by atoms with Crippen molar-refractivity contribution < 1.29 is 0 Å². The van der Waals surface area contributed by atoms with Crippen LogP contribution in [0.3, 0.4) is 0 Å². The summed E-state index contributed by atoms with van der Waals surface area (Å²) in [7, 11) is 0. The van der Waals surface area contributed by atoms with Gasteiger partial charge < -0.3 is 0 Å². The van der Waals surface area contributed by atoms with E-state index in [1.807, 2.05) is 11.8 Å². The number of rotatable bonds is 2. The molecule has 1 aliphatic rings.